The summed E-state index contributed by atoms with van der Waals surface area (Å²) in [5.41, 5.74) is 7.21. The number of nitrogens with one attached hydrogen (secondary N) is 2. The van der Waals surface area contributed by atoms with Crippen molar-refractivity contribution in [2.24, 2.45) is 0 Å². The maximum absolute atomic E-state index is 12.3. The fourth-order valence-corrected chi connectivity index (χ4v) is 2.73. The lowest BCUT2D eigenvalue weighted by atomic mass is 10.0. The monoisotopic (exact) mass is 362 g/mol. The van der Waals surface area contributed by atoms with Crippen molar-refractivity contribution in [3.8, 4) is 0 Å². The Morgan fingerprint density at radius 1 is 1.17 bits per heavy atom. The first kappa shape index (κ1) is 16.8. The van der Waals surface area contributed by atoms with Crippen molar-refractivity contribution in [1.29, 1.82) is 0 Å². The van der Waals surface area contributed by atoms with Crippen molar-refractivity contribution in [2.45, 2.75) is 13.3 Å². The molecule has 0 fully saturated rings. The molecule has 0 aromatic heterocycles. The molecule has 1 aliphatic heterocycles. The summed E-state index contributed by atoms with van der Waals surface area (Å²) in [5.74, 6) is -0.0984. The second-order valence-corrected chi connectivity index (χ2v) is 6.40. The SMILES string of the molecule is Cc1ccc(NC(=O)CC2=C(c3ccc(Cl)c(Cl)c3)NOC2)cc1. The van der Waals surface area contributed by atoms with Crippen LogP contribution in [0, 0.1) is 6.92 Å². The molecule has 0 saturated heterocycles. The highest BCUT2D eigenvalue weighted by Gasteiger charge is 2.20. The quantitative estimate of drug-likeness (QED) is 0.836. The fraction of sp³-hybridized carbons (Fsp3) is 0.167. The number of halogens is 2. The number of amides is 1. The van der Waals surface area contributed by atoms with Gasteiger partial charge in [0.2, 0.25) is 5.91 Å². The number of aryl methyl sites for hydroxylation is 1. The lowest BCUT2D eigenvalue weighted by molar-refractivity contribution is -0.115. The van der Waals surface area contributed by atoms with Crippen LogP contribution >= 0.6 is 23.2 Å². The van der Waals surface area contributed by atoms with Gasteiger partial charge in [-0.25, -0.2) is 0 Å². The minimum Gasteiger partial charge on any atom is -0.326 e. The molecule has 1 aliphatic rings. The Hall–Kier alpha value is -2.01. The van der Waals surface area contributed by atoms with E-state index in [0.29, 0.717) is 16.7 Å². The van der Waals surface area contributed by atoms with E-state index in [9.17, 15) is 4.79 Å². The lowest BCUT2D eigenvalue weighted by Crippen LogP contribution is -2.13. The maximum atomic E-state index is 12.3. The molecular formula is C18H16Cl2N2O2. The molecule has 0 unspecified atom stereocenters. The predicted octanol–water partition coefficient (Wildman–Crippen LogP) is 4.58. The summed E-state index contributed by atoms with van der Waals surface area (Å²) in [5, 5.41) is 3.83. The highest BCUT2D eigenvalue weighted by atomic mass is 35.5. The van der Waals surface area contributed by atoms with E-state index in [2.05, 4.69) is 10.8 Å². The molecule has 4 nitrogen and oxygen atoms in total. The zero-order valence-electron chi connectivity index (χ0n) is 13.0. The van der Waals surface area contributed by atoms with Gasteiger partial charge in [-0.05, 0) is 36.8 Å². The zero-order valence-corrected chi connectivity index (χ0v) is 14.5. The molecule has 0 spiro atoms. The molecule has 3 rings (SSSR count). The minimum absolute atomic E-state index is 0.0984. The first-order valence-electron chi connectivity index (χ1n) is 7.44. The van der Waals surface area contributed by atoms with Gasteiger partial charge in [-0.2, -0.15) is 0 Å². The van der Waals surface area contributed by atoms with Crippen molar-refractivity contribution in [3.63, 3.8) is 0 Å². The van der Waals surface area contributed by atoms with Crippen LogP contribution in [0.4, 0.5) is 5.69 Å². The smallest absolute Gasteiger partial charge is 0.228 e. The van der Waals surface area contributed by atoms with E-state index in [1.54, 1.807) is 12.1 Å². The Kier molecular flexibility index (Phi) is 5.09. The second-order valence-electron chi connectivity index (χ2n) is 5.59. The van der Waals surface area contributed by atoms with Crippen molar-refractivity contribution in [1.82, 2.24) is 5.48 Å². The Morgan fingerprint density at radius 2 is 1.92 bits per heavy atom. The van der Waals surface area contributed by atoms with Crippen LogP contribution in [-0.4, -0.2) is 12.5 Å². The van der Waals surface area contributed by atoms with Gasteiger partial charge in [0.05, 0.1) is 28.8 Å². The Labute approximate surface area is 150 Å². The van der Waals surface area contributed by atoms with Crippen LogP contribution in [0.1, 0.15) is 17.5 Å². The molecule has 2 aromatic rings. The van der Waals surface area contributed by atoms with Gasteiger partial charge in [0, 0.05) is 11.3 Å². The Bertz CT molecular complexity index is 801. The number of carbonyl (C=O) groups is 1. The topological polar surface area (TPSA) is 50.4 Å². The van der Waals surface area contributed by atoms with Crippen LogP contribution in [0.2, 0.25) is 10.0 Å². The largest absolute Gasteiger partial charge is 0.326 e. The van der Waals surface area contributed by atoms with Gasteiger partial charge in [0.1, 0.15) is 0 Å². The summed E-state index contributed by atoms with van der Waals surface area (Å²) >= 11 is 12.0. The number of hydrogen-bond acceptors (Lipinski definition) is 3. The Morgan fingerprint density at radius 3 is 2.62 bits per heavy atom. The van der Waals surface area contributed by atoms with E-state index in [1.165, 1.54) is 0 Å². The summed E-state index contributed by atoms with van der Waals surface area (Å²) in [7, 11) is 0. The zero-order chi connectivity index (χ0) is 17.1. The summed E-state index contributed by atoms with van der Waals surface area (Å²) in [4.78, 5) is 17.6. The standard InChI is InChI=1S/C18H16Cl2N2O2/c1-11-2-5-14(6-3-11)21-17(23)9-13-10-24-22-18(13)12-4-7-15(19)16(20)8-12/h2-8,22H,9-10H2,1H3,(H,21,23). The van der Waals surface area contributed by atoms with Gasteiger partial charge >= 0.3 is 0 Å². The van der Waals surface area contributed by atoms with Crippen LogP contribution in [0.15, 0.2) is 48.0 Å². The summed E-state index contributed by atoms with van der Waals surface area (Å²) in [6.45, 7) is 2.35. The van der Waals surface area contributed by atoms with Gasteiger partial charge in [-0.15, -0.1) is 0 Å². The molecule has 2 N–H and O–H groups in total. The first-order chi connectivity index (χ1) is 11.5. The summed E-state index contributed by atoms with van der Waals surface area (Å²) in [6, 6.07) is 13.0. The number of benzene rings is 2. The van der Waals surface area contributed by atoms with Crippen molar-refractivity contribution >= 4 is 40.5 Å². The average Bonchev–Trinajstić information content (AvgIpc) is 3.00. The van der Waals surface area contributed by atoms with Crippen LogP contribution in [0.3, 0.4) is 0 Å². The number of anilines is 1. The number of rotatable bonds is 4. The molecule has 1 heterocycles. The summed E-state index contributed by atoms with van der Waals surface area (Å²) in [6.07, 6.45) is 0.233. The average molecular weight is 363 g/mol. The molecule has 0 saturated carbocycles. The number of hydrogen-bond donors (Lipinski definition) is 2. The highest BCUT2D eigenvalue weighted by molar-refractivity contribution is 6.42. The molecule has 24 heavy (non-hydrogen) atoms. The van der Waals surface area contributed by atoms with E-state index >= 15 is 0 Å². The lowest BCUT2D eigenvalue weighted by Gasteiger charge is -2.08. The van der Waals surface area contributed by atoms with Gasteiger partial charge in [0.15, 0.2) is 0 Å². The fourth-order valence-electron chi connectivity index (χ4n) is 2.43. The number of carbonyl (C=O) groups excluding carboxylic acids is 1. The van der Waals surface area contributed by atoms with E-state index in [4.69, 9.17) is 28.0 Å². The molecule has 124 valence electrons. The van der Waals surface area contributed by atoms with Gasteiger partial charge in [0.25, 0.3) is 0 Å². The predicted molar refractivity (Wildman–Crippen MR) is 96.9 cm³/mol. The second kappa shape index (κ2) is 7.26. The van der Waals surface area contributed by atoms with Gasteiger partial charge in [-0.3, -0.25) is 15.1 Å². The van der Waals surface area contributed by atoms with E-state index in [0.717, 1.165) is 28.1 Å². The van der Waals surface area contributed by atoms with Crippen molar-refractivity contribution in [2.75, 3.05) is 11.9 Å². The molecular weight excluding hydrogens is 347 g/mol. The summed E-state index contributed by atoms with van der Waals surface area (Å²) < 4.78 is 0. The van der Waals surface area contributed by atoms with Crippen LogP contribution in [-0.2, 0) is 9.63 Å². The van der Waals surface area contributed by atoms with E-state index in [-0.39, 0.29) is 12.3 Å². The van der Waals surface area contributed by atoms with Crippen molar-refractivity contribution < 1.29 is 9.63 Å². The molecule has 0 atom stereocenters. The van der Waals surface area contributed by atoms with E-state index < -0.39 is 0 Å². The maximum Gasteiger partial charge on any atom is 0.228 e. The molecule has 0 radical (unpaired) electrons. The normalized spacial score (nSPS) is 13.8. The molecule has 2 aromatic carbocycles. The Balaban J connectivity index is 1.75. The molecule has 0 bridgehead atoms. The van der Waals surface area contributed by atoms with Crippen LogP contribution < -0.4 is 10.8 Å². The number of hydroxylamine groups is 1. The third kappa shape index (κ3) is 3.90. The molecule has 0 aliphatic carbocycles. The van der Waals surface area contributed by atoms with Crippen LogP contribution in [0.25, 0.3) is 5.70 Å². The van der Waals surface area contributed by atoms with Crippen LogP contribution in [0.5, 0.6) is 0 Å². The minimum atomic E-state index is -0.0984. The third-order valence-electron chi connectivity index (χ3n) is 3.69. The molecule has 6 heteroatoms. The van der Waals surface area contributed by atoms with Gasteiger partial charge in [-0.1, -0.05) is 47.0 Å². The van der Waals surface area contributed by atoms with Gasteiger partial charge < -0.3 is 5.32 Å². The van der Waals surface area contributed by atoms with Crippen molar-refractivity contribution in [3.05, 3.63) is 69.2 Å². The highest BCUT2D eigenvalue weighted by Crippen LogP contribution is 2.29. The third-order valence-corrected chi connectivity index (χ3v) is 4.43. The molecule has 1 amide bonds. The first-order valence-corrected chi connectivity index (χ1v) is 8.20. The van der Waals surface area contributed by atoms with E-state index in [1.807, 2.05) is 37.3 Å².